The molecule has 0 aliphatic carbocycles. The number of likely N-dealkylation sites (tertiary alicyclic amines) is 1. The number of pyridine rings is 1. The van der Waals surface area contributed by atoms with Crippen molar-refractivity contribution in [3.63, 3.8) is 0 Å². The molecule has 0 saturated carbocycles. The second kappa shape index (κ2) is 5.32. The first kappa shape index (κ1) is 11.4. The molecule has 0 radical (unpaired) electrons. The largest absolute Gasteiger partial charge is 0.298 e. The van der Waals surface area contributed by atoms with Crippen molar-refractivity contribution in [2.24, 2.45) is 0 Å². The number of hydrogen-bond donors (Lipinski definition) is 0. The first-order chi connectivity index (χ1) is 8.92. The van der Waals surface area contributed by atoms with Gasteiger partial charge in [0.2, 0.25) is 0 Å². The van der Waals surface area contributed by atoms with Gasteiger partial charge in [-0.3, -0.25) is 9.88 Å². The van der Waals surface area contributed by atoms with E-state index in [1.54, 1.807) is 0 Å². The Morgan fingerprint density at radius 1 is 1.11 bits per heavy atom. The summed E-state index contributed by atoms with van der Waals surface area (Å²) in [6.07, 6.45) is 5.07. The van der Waals surface area contributed by atoms with E-state index >= 15 is 0 Å². The molecule has 1 aromatic heterocycles. The highest BCUT2D eigenvalue weighted by Crippen LogP contribution is 2.27. The standard InChI is InChI=1S/C16H18N2/c1-2-6-15(7-3-1)16-8-10-18(13-16)12-14-5-4-9-17-11-14/h1-7,9,11,16H,8,10,12-13H2/t16-/m1/s1. The maximum absolute atomic E-state index is 4.18. The second-order valence-electron chi connectivity index (χ2n) is 4.99. The van der Waals surface area contributed by atoms with E-state index in [1.807, 2.05) is 18.5 Å². The molecule has 1 fully saturated rings. The summed E-state index contributed by atoms with van der Waals surface area (Å²) in [5, 5.41) is 0. The van der Waals surface area contributed by atoms with Crippen LogP contribution >= 0.6 is 0 Å². The molecule has 18 heavy (non-hydrogen) atoms. The lowest BCUT2D eigenvalue weighted by molar-refractivity contribution is 0.326. The van der Waals surface area contributed by atoms with Crippen LogP contribution in [0.2, 0.25) is 0 Å². The maximum atomic E-state index is 4.18. The molecule has 0 bridgehead atoms. The predicted octanol–water partition coefficient (Wildman–Crippen LogP) is 3.07. The predicted molar refractivity (Wildman–Crippen MR) is 73.3 cm³/mol. The van der Waals surface area contributed by atoms with Gasteiger partial charge < -0.3 is 0 Å². The molecule has 0 unspecified atom stereocenters. The van der Waals surface area contributed by atoms with Crippen molar-refractivity contribution in [2.75, 3.05) is 13.1 Å². The molecule has 0 amide bonds. The van der Waals surface area contributed by atoms with Gasteiger partial charge in [-0.25, -0.2) is 0 Å². The van der Waals surface area contributed by atoms with E-state index < -0.39 is 0 Å². The smallest absolute Gasteiger partial charge is 0.0312 e. The molecule has 0 spiro atoms. The molecule has 1 aromatic carbocycles. The molecule has 3 rings (SSSR count). The normalized spacial score (nSPS) is 20.1. The van der Waals surface area contributed by atoms with Crippen molar-refractivity contribution in [3.05, 3.63) is 66.0 Å². The Balaban J connectivity index is 1.62. The van der Waals surface area contributed by atoms with E-state index in [0.717, 1.165) is 6.54 Å². The van der Waals surface area contributed by atoms with Crippen LogP contribution in [0.25, 0.3) is 0 Å². The molecule has 2 heterocycles. The van der Waals surface area contributed by atoms with Gasteiger partial charge in [-0.2, -0.15) is 0 Å². The minimum Gasteiger partial charge on any atom is -0.298 e. The molecular formula is C16H18N2. The zero-order chi connectivity index (χ0) is 12.2. The lowest BCUT2D eigenvalue weighted by Crippen LogP contribution is -2.19. The van der Waals surface area contributed by atoms with Gasteiger partial charge in [-0.15, -0.1) is 0 Å². The fourth-order valence-electron chi connectivity index (χ4n) is 2.72. The second-order valence-corrected chi connectivity index (χ2v) is 4.99. The van der Waals surface area contributed by atoms with Crippen molar-refractivity contribution in [3.8, 4) is 0 Å². The zero-order valence-corrected chi connectivity index (χ0v) is 10.5. The van der Waals surface area contributed by atoms with Crippen LogP contribution in [0, 0.1) is 0 Å². The maximum Gasteiger partial charge on any atom is 0.0312 e. The Labute approximate surface area is 108 Å². The lowest BCUT2D eigenvalue weighted by atomic mass is 9.99. The molecule has 1 atom stereocenters. The molecular weight excluding hydrogens is 220 g/mol. The highest BCUT2D eigenvalue weighted by molar-refractivity contribution is 5.21. The van der Waals surface area contributed by atoms with Crippen LogP contribution in [0.3, 0.4) is 0 Å². The minimum atomic E-state index is 0.697. The van der Waals surface area contributed by atoms with E-state index in [-0.39, 0.29) is 0 Å². The Morgan fingerprint density at radius 2 is 2.00 bits per heavy atom. The number of hydrogen-bond acceptors (Lipinski definition) is 2. The Bertz CT molecular complexity index is 481. The van der Waals surface area contributed by atoms with Crippen LogP contribution in [-0.2, 0) is 6.54 Å². The molecule has 2 heteroatoms. The number of rotatable bonds is 3. The molecule has 2 aromatic rings. The highest BCUT2D eigenvalue weighted by Gasteiger charge is 2.23. The summed E-state index contributed by atoms with van der Waals surface area (Å²) >= 11 is 0. The van der Waals surface area contributed by atoms with Gasteiger partial charge in [0.25, 0.3) is 0 Å². The van der Waals surface area contributed by atoms with Crippen molar-refractivity contribution in [1.82, 2.24) is 9.88 Å². The summed E-state index contributed by atoms with van der Waals surface area (Å²) < 4.78 is 0. The van der Waals surface area contributed by atoms with Crippen LogP contribution in [0.15, 0.2) is 54.9 Å². The van der Waals surface area contributed by atoms with Crippen molar-refractivity contribution >= 4 is 0 Å². The third-order valence-electron chi connectivity index (χ3n) is 3.67. The van der Waals surface area contributed by atoms with E-state index in [0.29, 0.717) is 5.92 Å². The summed E-state index contributed by atoms with van der Waals surface area (Å²) in [5.41, 5.74) is 2.79. The summed E-state index contributed by atoms with van der Waals surface area (Å²) in [6.45, 7) is 3.38. The fraction of sp³-hybridized carbons (Fsp3) is 0.312. The summed E-state index contributed by atoms with van der Waals surface area (Å²) in [5.74, 6) is 0.697. The van der Waals surface area contributed by atoms with Gasteiger partial charge in [0.05, 0.1) is 0 Å². The first-order valence-corrected chi connectivity index (χ1v) is 6.58. The van der Waals surface area contributed by atoms with Crippen LogP contribution < -0.4 is 0 Å². The Kier molecular flexibility index (Phi) is 3.37. The van der Waals surface area contributed by atoms with E-state index in [2.05, 4.69) is 46.3 Å². The fourth-order valence-corrected chi connectivity index (χ4v) is 2.72. The molecule has 1 saturated heterocycles. The molecule has 1 aliphatic rings. The van der Waals surface area contributed by atoms with Crippen LogP contribution in [0.5, 0.6) is 0 Å². The molecule has 92 valence electrons. The highest BCUT2D eigenvalue weighted by atomic mass is 15.1. The third kappa shape index (κ3) is 2.59. The Hall–Kier alpha value is -1.67. The van der Waals surface area contributed by atoms with Crippen LogP contribution in [0.4, 0.5) is 0 Å². The average Bonchev–Trinajstić information content (AvgIpc) is 2.89. The van der Waals surface area contributed by atoms with Crippen LogP contribution in [0.1, 0.15) is 23.5 Å². The van der Waals surface area contributed by atoms with Crippen molar-refractivity contribution < 1.29 is 0 Å². The van der Waals surface area contributed by atoms with Gasteiger partial charge in [-0.1, -0.05) is 36.4 Å². The van der Waals surface area contributed by atoms with Gasteiger partial charge >= 0.3 is 0 Å². The summed E-state index contributed by atoms with van der Waals surface area (Å²) in [4.78, 5) is 6.70. The zero-order valence-electron chi connectivity index (χ0n) is 10.5. The summed E-state index contributed by atoms with van der Waals surface area (Å²) in [7, 11) is 0. The van der Waals surface area contributed by atoms with Crippen molar-refractivity contribution in [2.45, 2.75) is 18.9 Å². The number of benzene rings is 1. The monoisotopic (exact) mass is 238 g/mol. The van der Waals surface area contributed by atoms with Gasteiger partial charge in [-0.05, 0) is 36.1 Å². The van der Waals surface area contributed by atoms with Crippen LogP contribution in [-0.4, -0.2) is 23.0 Å². The Morgan fingerprint density at radius 3 is 2.78 bits per heavy atom. The quantitative estimate of drug-likeness (QED) is 0.817. The topological polar surface area (TPSA) is 16.1 Å². The lowest BCUT2D eigenvalue weighted by Gasteiger charge is -2.16. The molecule has 0 N–H and O–H groups in total. The summed E-state index contributed by atoms with van der Waals surface area (Å²) in [6, 6.07) is 15.0. The van der Waals surface area contributed by atoms with E-state index in [4.69, 9.17) is 0 Å². The van der Waals surface area contributed by atoms with Gasteiger partial charge in [0.1, 0.15) is 0 Å². The third-order valence-corrected chi connectivity index (χ3v) is 3.67. The SMILES string of the molecule is c1ccc([C@@H]2CCN(Cc3cccnc3)C2)cc1. The molecule has 1 aliphatic heterocycles. The minimum absolute atomic E-state index is 0.697. The first-order valence-electron chi connectivity index (χ1n) is 6.58. The average molecular weight is 238 g/mol. The van der Waals surface area contributed by atoms with E-state index in [1.165, 1.54) is 30.6 Å². The number of nitrogens with zero attached hydrogens (tertiary/aromatic N) is 2. The number of aromatic nitrogens is 1. The van der Waals surface area contributed by atoms with Gasteiger partial charge in [0, 0.05) is 25.5 Å². The van der Waals surface area contributed by atoms with Crippen molar-refractivity contribution in [1.29, 1.82) is 0 Å². The van der Waals surface area contributed by atoms with E-state index in [9.17, 15) is 0 Å². The molecule has 2 nitrogen and oxygen atoms in total. The van der Waals surface area contributed by atoms with Gasteiger partial charge in [0.15, 0.2) is 0 Å².